The molecule has 17 heavy (non-hydrogen) atoms. The molecule has 1 aliphatic heterocycles. The first-order chi connectivity index (χ1) is 8.16. The molecule has 0 amide bonds. The number of fused-ring (bicyclic) bond motifs is 1. The fourth-order valence-corrected chi connectivity index (χ4v) is 1.90. The van der Waals surface area contributed by atoms with Crippen LogP contribution in [-0.2, 0) is 16.0 Å². The van der Waals surface area contributed by atoms with Crippen LogP contribution < -0.4 is 4.74 Å². The predicted octanol–water partition coefficient (Wildman–Crippen LogP) is 2.23. The van der Waals surface area contributed by atoms with Crippen molar-refractivity contribution in [3.05, 3.63) is 29.8 Å². The minimum Gasteiger partial charge on any atom is -0.493 e. The molecule has 92 valence electrons. The van der Waals surface area contributed by atoms with E-state index in [0.29, 0.717) is 6.61 Å². The Balaban J connectivity index is 1.95. The predicted molar refractivity (Wildman–Crippen MR) is 65.2 cm³/mol. The Hall–Kier alpha value is -1.35. The van der Waals surface area contributed by atoms with Crippen LogP contribution in [0.1, 0.15) is 19.4 Å². The summed E-state index contributed by atoms with van der Waals surface area (Å²) in [6, 6.07) is 7.88. The lowest BCUT2D eigenvalue weighted by atomic mass is 9.93. The Morgan fingerprint density at radius 3 is 3.00 bits per heavy atom. The van der Waals surface area contributed by atoms with Gasteiger partial charge in [-0.1, -0.05) is 18.2 Å². The summed E-state index contributed by atoms with van der Waals surface area (Å²) in [4.78, 5) is 11.9. The van der Waals surface area contributed by atoms with Crippen molar-refractivity contribution in [2.24, 2.45) is 5.92 Å². The minimum absolute atomic E-state index is 0.0661. The number of Topliss-reactive ketones (excluding diaryl/α,β-unsaturated/α-hetero) is 1. The van der Waals surface area contributed by atoms with Crippen LogP contribution in [0.2, 0.25) is 0 Å². The first-order valence-electron chi connectivity index (χ1n) is 6.02. The molecule has 0 bridgehead atoms. The van der Waals surface area contributed by atoms with Crippen molar-refractivity contribution in [3.8, 4) is 5.75 Å². The molecule has 0 radical (unpaired) electrons. The van der Waals surface area contributed by atoms with Gasteiger partial charge < -0.3 is 9.47 Å². The van der Waals surface area contributed by atoms with Gasteiger partial charge >= 0.3 is 0 Å². The summed E-state index contributed by atoms with van der Waals surface area (Å²) in [5.74, 6) is 0.971. The Morgan fingerprint density at radius 1 is 1.47 bits per heavy atom. The van der Waals surface area contributed by atoms with Gasteiger partial charge in [-0.05, 0) is 31.9 Å². The second kappa shape index (κ2) is 5.32. The molecule has 0 N–H and O–H groups in total. The first-order valence-corrected chi connectivity index (χ1v) is 6.02. The molecule has 0 saturated heterocycles. The van der Waals surface area contributed by atoms with Crippen LogP contribution in [0.4, 0.5) is 0 Å². The SMILES string of the molecule is CC(C)OCC(=O)C1COc2ccccc2C1. The number of benzene rings is 1. The van der Waals surface area contributed by atoms with E-state index in [2.05, 4.69) is 0 Å². The van der Waals surface area contributed by atoms with Gasteiger partial charge in [0, 0.05) is 0 Å². The number of para-hydroxylation sites is 1. The average molecular weight is 234 g/mol. The van der Waals surface area contributed by atoms with Crippen molar-refractivity contribution in [1.29, 1.82) is 0 Å². The van der Waals surface area contributed by atoms with Gasteiger partial charge in [0.25, 0.3) is 0 Å². The number of ketones is 1. The third kappa shape index (κ3) is 3.07. The first kappa shape index (κ1) is 12.1. The highest BCUT2D eigenvalue weighted by molar-refractivity contribution is 5.83. The second-order valence-corrected chi connectivity index (χ2v) is 4.65. The lowest BCUT2D eigenvalue weighted by molar-refractivity contribution is -0.130. The molecule has 0 spiro atoms. The van der Waals surface area contributed by atoms with Crippen LogP contribution in [0.15, 0.2) is 24.3 Å². The molecule has 1 unspecified atom stereocenters. The molecule has 0 aromatic heterocycles. The summed E-state index contributed by atoms with van der Waals surface area (Å²) in [6.45, 7) is 4.52. The van der Waals surface area contributed by atoms with Crippen LogP contribution in [-0.4, -0.2) is 25.1 Å². The number of rotatable bonds is 4. The minimum atomic E-state index is -0.0661. The van der Waals surface area contributed by atoms with E-state index in [1.165, 1.54) is 0 Å². The Kier molecular flexibility index (Phi) is 3.79. The van der Waals surface area contributed by atoms with Crippen LogP contribution in [0, 0.1) is 5.92 Å². The van der Waals surface area contributed by atoms with E-state index >= 15 is 0 Å². The van der Waals surface area contributed by atoms with E-state index in [1.54, 1.807) is 0 Å². The molecule has 3 heteroatoms. The monoisotopic (exact) mass is 234 g/mol. The van der Waals surface area contributed by atoms with E-state index in [0.717, 1.165) is 17.7 Å². The normalized spacial score (nSPS) is 18.6. The van der Waals surface area contributed by atoms with Gasteiger partial charge in [0.05, 0.1) is 18.6 Å². The molecule has 1 heterocycles. The molecule has 0 aliphatic carbocycles. The zero-order valence-electron chi connectivity index (χ0n) is 10.3. The maximum absolute atomic E-state index is 11.9. The zero-order chi connectivity index (χ0) is 12.3. The number of hydrogen-bond acceptors (Lipinski definition) is 3. The highest BCUT2D eigenvalue weighted by Crippen LogP contribution is 2.27. The van der Waals surface area contributed by atoms with Crippen molar-refractivity contribution in [3.63, 3.8) is 0 Å². The number of hydrogen-bond donors (Lipinski definition) is 0. The van der Waals surface area contributed by atoms with Crippen LogP contribution in [0.25, 0.3) is 0 Å². The smallest absolute Gasteiger partial charge is 0.165 e. The van der Waals surface area contributed by atoms with Gasteiger partial charge in [0.2, 0.25) is 0 Å². The highest BCUT2D eigenvalue weighted by atomic mass is 16.5. The van der Waals surface area contributed by atoms with Gasteiger partial charge in [0.15, 0.2) is 5.78 Å². The zero-order valence-corrected chi connectivity index (χ0v) is 10.3. The van der Waals surface area contributed by atoms with E-state index in [1.807, 2.05) is 38.1 Å². The van der Waals surface area contributed by atoms with E-state index in [4.69, 9.17) is 9.47 Å². The van der Waals surface area contributed by atoms with Gasteiger partial charge in [-0.3, -0.25) is 4.79 Å². The fourth-order valence-electron chi connectivity index (χ4n) is 1.90. The maximum Gasteiger partial charge on any atom is 0.165 e. The van der Waals surface area contributed by atoms with Crippen molar-refractivity contribution < 1.29 is 14.3 Å². The number of carbonyl (C=O) groups is 1. The van der Waals surface area contributed by atoms with Gasteiger partial charge in [0.1, 0.15) is 12.4 Å². The van der Waals surface area contributed by atoms with Gasteiger partial charge in [-0.15, -0.1) is 0 Å². The third-order valence-electron chi connectivity index (χ3n) is 2.89. The van der Waals surface area contributed by atoms with E-state index in [-0.39, 0.29) is 24.4 Å². The average Bonchev–Trinajstić information content (AvgIpc) is 2.35. The van der Waals surface area contributed by atoms with Crippen molar-refractivity contribution >= 4 is 5.78 Å². The number of carbonyl (C=O) groups excluding carboxylic acids is 1. The van der Waals surface area contributed by atoms with Gasteiger partial charge in [-0.25, -0.2) is 0 Å². The molecule has 2 rings (SSSR count). The molecule has 1 aromatic carbocycles. The van der Waals surface area contributed by atoms with Crippen molar-refractivity contribution in [2.45, 2.75) is 26.4 Å². The van der Waals surface area contributed by atoms with Crippen molar-refractivity contribution in [2.75, 3.05) is 13.2 Å². The van der Waals surface area contributed by atoms with Crippen LogP contribution in [0.3, 0.4) is 0 Å². The van der Waals surface area contributed by atoms with E-state index in [9.17, 15) is 4.79 Å². The highest BCUT2D eigenvalue weighted by Gasteiger charge is 2.25. The van der Waals surface area contributed by atoms with Gasteiger partial charge in [-0.2, -0.15) is 0 Å². The molecule has 3 nitrogen and oxygen atoms in total. The quantitative estimate of drug-likeness (QED) is 0.801. The largest absolute Gasteiger partial charge is 0.493 e. The molecular formula is C14H18O3. The van der Waals surface area contributed by atoms with E-state index < -0.39 is 0 Å². The fraction of sp³-hybridized carbons (Fsp3) is 0.500. The Morgan fingerprint density at radius 2 is 2.24 bits per heavy atom. The molecule has 1 aliphatic rings. The maximum atomic E-state index is 11.9. The summed E-state index contributed by atoms with van der Waals surface area (Å²) in [7, 11) is 0. The summed E-state index contributed by atoms with van der Waals surface area (Å²) in [5.41, 5.74) is 1.11. The van der Waals surface area contributed by atoms with Crippen LogP contribution >= 0.6 is 0 Å². The summed E-state index contributed by atoms with van der Waals surface area (Å²) in [5, 5.41) is 0. The standard InChI is InChI=1S/C14H18O3/c1-10(2)16-9-13(15)12-7-11-5-3-4-6-14(11)17-8-12/h3-6,10,12H,7-9H2,1-2H3. The van der Waals surface area contributed by atoms with Crippen molar-refractivity contribution in [1.82, 2.24) is 0 Å². The molecule has 0 saturated carbocycles. The number of ether oxygens (including phenoxy) is 2. The second-order valence-electron chi connectivity index (χ2n) is 4.65. The summed E-state index contributed by atoms with van der Waals surface area (Å²) >= 11 is 0. The van der Waals surface area contributed by atoms with Crippen LogP contribution in [0.5, 0.6) is 5.75 Å². The summed E-state index contributed by atoms with van der Waals surface area (Å²) < 4.78 is 10.9. The molecule has 1 atom stereocenters. The molecular weight excluding hydrogens is 216 g/mol. The topological polar surface area (TPSA) is 35.5 Å². The molecule has 0 fully saturated rings. The lowest BCUT2D eigenvalue weighted by Gasteiger charge is -2.24. The lowest BCUT2D eigenvalue weighted by Crippen LogP contribution is -2.31. The Bertz CT molecular complexity index is 398. The summed E-state index contributed by atoms with van der Waals surface area (Å²) in [6.07, 6.45) is 0.854. The Labute approximate surface area is 102 Å². The molecule has 1 aromatic rings. The third-order valence-corrected chi connectivity index (χ3v) is 2.89.